The highest BCUT2D eigenvalue weighted by atomic mass is 16.5. The second-order valence-corrected chi connectivity index (χ2v) is 9.26. The zero-order chi connectivity index (χ0) is 26.5. The molecule has 0 aromatic carbocycles. The number of aromatic nitrogens is 4. The van der Waals surface area contributed by atoms with Crippen LogP contribution in [0.5, 0.6) is 0 Å². The van der Waals surface area contributed by atoms with Crippen molar-refractivity contribution in [2.24, 2.45) is 0 Å². The zero-order valence-corrected chi connectivity index (χ0v) is 21.5. The van der Waals surface area contributed by atoms with Crippen LogP contribution in [-0.2, 0) is 23.8 Å². The van der Waals surface area contributed by atoms with Crippen molar-refractivity contribution in [3.63, 3.8) is 0 Å². The molecule has 1 fully saturated rings. The molecular weight excluding hydrogens is 490 g/mol. The monoisotopic (exact) mass is 521 g/mol. The summed E-state index contributed by atoms with van der Waals surface area (Å²) in [5.74, 6) is 2.45. The summed E-state index contributed by atoms with van der Waals surface area (Å²) in [7, 11) is 1.50. The normalized spacial score (nSPS) is 18.6. The molecule has 0 spiro atoms. The molecule has 1 saturated heterocycles. The largest absolute Gasteiger partial charge is 0.485 e. The molecule has 12 nitrogen and oxygen atoms in total. The van der Waals surface area contributed by atoms with Gasteiger partial charge in [0.2, 0.25) is 17.8 Å². The number of imidazole rings is 1. The number of rotatable bonds is 9. The maximum absolute atomic E-state index is 13.0. The van der Waals surface area contributed by atoms with E-state index in [9.17, 15) is 9.59 Å². The number of carbonyl (C=O) groups is 2. The Morgan fingerprint density at radius 1 is 1.24 bits per heavy atom. The number of allylic oxidation sites excluding steroid dienone is 1. The summed E-state index contributed by atoms with van der Waals surface area (Å²) in [6, 6.07) is 1.63. The minimum atomic E-state index is -0.270. The molecule has 3 aliphatic heterocycles. The summed E-state index contributed by atoms with van der Waals surface area (Å²) in [5, 5.41) is 3.00. The predicted molar refractivity (Wildman–Crippen MR) is 137 cm³/mol. The van der Waals surface area contributed by atoms with E-state index in [-0.39, 0.29) is 30.9 Å². The zero-order valence-electron chi connectivity index (χ0n) is 21.5. The number of hydrogen-bond acceptors (Lipinski definition) is 9. The molecule has 5 rings (SSSR count). The van der Waals surface area contributed by atoms with Crippen molar-refractivity contribution >= 4 is 17.6 Å². The third-order valence-corrected chi connectivity index (χ3v) is 6.52. The van der Waals surface area contributed by atoms with E-state index >= 15 is 0 Å². The number of anilines is 1. The van der Waals surface area contributed by atoms with Gasteiger partial charge in [0.1, 0.15) is 25.4 Å². The maximum atomic E-state index is 13.0. The van der Waals surface area contributed by atoms with Crippen molar-refractivity contribution in [2.45, 2.75) is 25.8 Å². The fourth-order valence-electron chi connectivity index (χ4n) is 4.65. The molecule has 0 saturated carbocycles. The van der Waals surface area contributed by atoms with Gasteiger partial charge in [-0.25, -0.2) is 9.97 Å². The lowest BCUT2D eigenvalue weighted by Crippen LogP contribution is -2.57. The molecule has 2 amide bonds. The molecule has 2 aromatic heterocycles. The second kappa shape index (κ2) is 11.5. The van der Waals surface area contributed by atoms with Crippen LogP contribution in [0.3, 0.4) is 0 Å². The van der Waals surface area contributed by atoms with Crippen LogP contribution in [0.4, 0.5) is 5.82 Å². The fraction of sp³-hybridized carbons (Fsp3) is 0.423. The van der Waals surface area contributed by atoms with Crippen LogP contribution >= 0.6 is 0 Å². The third-order valence-electron chi connectivity index (χ3n) is 6.52. The summed E-state index contributed by atoms with van der Waals surface area (Å²) >= 11 is 0. The van der Waals surface area contributed by atoms with Crippen LogP contribution in [0, 0.1) is 6.92 Å². The molecule has 0 radical (unpaired) electrons. The number of nitrogens with zero attached hydrogens (tertiary/aromatic N) is 6. The highest BCUT2D eigenvalue weighted by Crippen LogP contribution is 2.27. The lowest BCUT2D eigenvalue weighted by molar-refractivity contribution is -0.136. The highest BCUT2D eigenvalue weighted by Gasteiger charge is 2.32. The van der Waals surface area contributed by atoms with Crippen LogP contribution in [0.1, 0.15) is 18.5 Å². The highest BCUT2D eigenvalue weighted by molar-refractivity contribution is 5.79. The number of amides is 2. The van der Waals surface area contributed by atoms with E-state index in [1.807, 2.05) is 25.1 Å². The average molecular weight is 522 g/mol. The molecule has 0 aliphatic carbocycles. The standard InChI is InChI=1S/C26H31N7O5/c1-18-11-23(30-26(29-18)32-7-6-27-17-32)33-9-8-31(25(35)16-36-2)14-20(33)13-24(34)28-5-3-19-12-22-21(38-15-19)4-10-37-22/h4,6-7,11-12,15,17,20H,3,5,8-10,13-14,16H2,1-2H3,(H,28,34). The maximum Gasteiger partial charge on any atom is 0.248 e. The third kappa shape index (κ3) is 5.86. The average Bonchev–Trinajstić information content (AvgIpc) is 3.61. The number of aryl methyl sites for hydroxylation is 1. The Morgan fingerprint density at radius 2 is 2.13 bits per heavy atom. The van der Waals surface area contributed by atoms with E-state index in [4.69, 9.17) is 19.2 Å². The minimum Gasteiger partial charge on any atom is -0.485 e. The Bertz CT molecular complexity index is 1270. The van der Waals surface area contributed by atoms with Gasteiger partial charge in [-0.1, -0.05) is 0 Å². The van der Waals surface area contributed by atoms with Gasteiger partial charge in [-0.05, 0) is 31.1 Å². The van der Waals surface area contributed by atoms with Gasteiger partial charge in [-0.15, -0.1) is 0 Å². The Labute approximate surface area is 220 Å². The number of methoxy groups -OCH3 is 1. The fourth-order valence-corrected chi connectivity index (χ4v) is 4.65. The Kier molecular flexibility index (Phi) is 7.68. The first-order chi connectivity index (χ1) is 18.5. The van der Waals surface area contributed by atoms with Crippen molar-refractivity contribution in [1.29, 1.82) is 0 Å². The molecule has 200 valence electrons. The predicted octanol–water partition coefficient (Wildman–Crippen LogP) is 1.24. The van der Waals surface area contributed by atoms with Gasteiger partial charge in [0.05, 0.1) is 12.3 Å². The molecule has 1 unspecified atom stereocenters. The molecule has 1 N–H and O–H groups in total. The van der Waals surface area contributed by atoms with Gasteiger partial charge in [0.15, 0.2) is 11.5 Å². The van der Waals surface area contributed by atoms with Gasteiger partial charge in [0, 0.05) is 63.9 Å². The molecule has 1 atom stereocenters. The first-order valence-electron chi connectivity index (χ1n) is 12.5. The molecule has 3 aliphatic rings. The van der Waals surface area contributed by atoms with Gasteiger partial charge in [0.25, 0.3) is 0 Å². The second-order valence-electron chi connectivity index (χ2n) is 9.26. The van der Waals surface area contributed by atoms with Crippen LogP contribution < -0.4 is 10.2 Å². The smallest absolute Gasteiger partial charge is 0.248 e. The Hall–Kier alpha value is -4.19. The summed E-state index contributed by atoms with van der Waals surface area (Å²) in [5.41, 5.74) is 1.74. The van der Waals surface area contributed by atoms with Crippen molar-refractivity contribution in [3.8, 4) is 5.95 Å². The SMILES string of the molecule is COCC(=O)N1CCN(c2cc(C)nc(-n3ccnc3)n2)C(CC(=O)NCCC2=COC3=CCOC3=C2)C1. The van der Waals surface area contributed by atoms with E-state index in [0.717, 1.165) is 22.8 Å². The first-order valence-corrected chi connectivity index (χ1v) is 12.5. The number of carbonyl (C=O) groups excluding carboxylic acids is 2. The topological polar surface area (TPSA) is 124 Å². The molecule has 38 heavy (non-hydrogen) atoms. The van der Waals surface area contributed by atoms with Crippen molar-refractivity contribution in [3.05, 3.63) is 66.0 Å². The molecular formula is C26H31N7O5. The van der Waals surface area contributed by atoms with E-state index in [1.54, 1.807) is 34.5 Å². The molecule has 12 heteroatoms. The van der Waals surface area contributed by atoms with Gasteiger partial charge < -0.3 is 29.3 Å². The van der Waals surface area contributed by atoms with Crippen LogP contribution in [0.15, 0.2) is 60.3 Å². The van der Waals surface area contributed by atoms with Crippen molar-refractivity contribution in [1.82, 2.24) is 29.7 Å². The number of hydrogen-bond donors (Lipinski definition) is 1. The van der Waals surface area contributed by atoms with Gasteiger partial charge in [-0.3, -0.25) is 14.2 Å². The van der Waals surface area contributed by atoms with E-state index in [1.165, 1.54) is 7.11 Å². The summed E-state index contributed by atoms with van der Waals surface area (Å²) < 4.78 is 17.9. The first kappa shape index (κ1) is 25.5. The Morgan fingerprint density at radius 3 is 2.95 bits per heavy atom. The number of ether oxygens (including phenoxy) is 3. The lowest BCUT2D eigenvalue weighted by atomic mass is 10.1. The quantitative estimate of drug-likeness (QED) is 0.519. The minimum absolute atomic E-state index is 0.00359. The number of nitrogens with one attached hydrogen (secondary N) is 1. The molecule has 0 bridgehead atoms. The van der Waals surface area contributed by atoms with Crippen LogP contribution in [0.2, 0.25) is 0 Å². The number of piperazine rings is 1. The number of fused-ring (bicyclic) bond motifs is 1. The van der Waals surface area contributed by atoms with Crippen molar-refractivity contribution in [2.75, 3.05) is 51.4 Å². The molecule has 2 aromatic rings. The van der Waals surface area contributed by atoms with Gasteiger partial charge in [-0.2, -0.15) is 4.98 Å². The van der Waals surface area contributed by atoms with E-state index in [0.29, 0.717) is 51.0 Å². The van der Waals surface area contributed by atoms with E-state index in [2.05, 4.69) is 20.2 Å². The summed E-state index contributed by atoms with van der Waals surface area (Å²) in [6.45, 7) is 4.29. The van der Waals surface area contributed by atoms with Crippen LogP contribution in [-0.4, -0.2) is 88.8 Å². The van der Waals surface area contributed by atoms with Crippen LogP contribution in [0.25, 0.3) is 5.95 Å². The molecule has 5 heterocycles. The lowest BCUT2D eigenvalue weighted by Gasteiger charge is -2.42. The van der Waals surface area contributed by atoms with Crippen molar-refractivity contribution < 1.29 is 23.8 Å². The summed E-state index contributed by atoms with van der Waals surface area (Å²) in [4.78, 5) is 42.8. The Balaban J connectivity index is 1.26. The van der Waals surface area contributed by atoms with Gasteiger partial charge >= 0.3 is 0 Å². The summed E-state index contributed by atoms with van der Waals surface area (Å²) in [6.07, 6.45) is 11.4. The van der Waals surface area contributed by atoms with E-state index < -0.39 is 0 Å².